The number of carbonyl (C=O) groups excluding carboxylic acids is 2. The van der Waals surface area contributed by atoms with Crippen LogP contribution in [-0.4, -0.2) is 87.4 Å². The zero-order valence-corrected chi connectivity index (χ0v) is 64.1. The van der Waals surface area contributed by atoms with Crippen LogP contribution in [0, 0.1) is 0 Å². The Bertz CT molecular complexity index is 1700. The summed E-state index contributed by atoms with van der Waals surface area (Å²) in [5.74, 6) is -1.97. The van der Waals surface area contributed by atoms with E-state index in [1.807, 2.05) is 21.1 Å². The van der Waals surface area contributed by atoms with E-state index in [9.17, 15) is 19.5 Å². The summed E-state index contributed by atoms with van der Waals surface area (Å²) in [6.07, 6.45) is 98.6. The summed E-state index contributed by atoms with van der Waals surface area (Å²) in [5, 5.41) is 9.78. The summed E-state index contributed by atoms with van der Waals surface area (Å²) in [6.45, 7) is 4.85. The molecule has 0 saturated heterocycles. The summed E-state index contributed by atoms with van der Waals surface area (Å²) in [4.78, 5) is 37.8. The lowest BCUT2D eigenvalue weighted by Crippen LogP contribution is -2.40. The van der Waals surface area contributed by atoms with E-state index in [1.165, 1.54) is 334 Å². The third-order valence-corrected chi connectivity index (χ3v) is 19.1. The van der Waals surface area contributed by atoms with Gasteiger partial charge >= 0.3 is 17.9 Å². The molecule has 0 aliphatic rings. The smallest absolute Gasteiger partial charge is 0.361 e. The Kier molecular flexibility index (Phi) is 74.8. The lowest BCUT2D eigenvalue weighted by atomic mass is 10.0. The minimum Gasteiger partial charge on any atom is -0.477 e. The van der Waals surface area contributed by atoms with Gasteiger partial charge in [-0.2, -0.15) is 0 Å². The maximum atomic E-state index is 13.0. The molecule has 9 heteroatoms. The van der Waals surface area contributed by atoms with Gasteiger partial charge in [0.25, 0.3) is 6.29 Å². The molecule has 0 amide bonds. The zero-order chi connectivity index (χ0) is 69.0. The molecular weight excluding hydrogens is 1170 g/mol. The first kappa shape index (κ1) is 92.2. The van der Waals surface area contributed by atoms with Gasteiger partial charge in [0, 0.05) is 12.8 Å². The van der Waals surface area contributed by atoms with Crippen LogP contribution in [0.4, 0.5) is 0 Å². The zero-order valence-electron chi connectivity index (χ0n) is 64.1. The van der Waals surface area contributed by atoms with Crippen molar-refractivity contribution in [1.29, 1.82) is 0 Å². The van der Waals surface area contributed by atoms with E-state index in [1.54, 1.807) is 0 Å². The van der Waals surface area contributed by atoms with Gasteiger partial charge in [-0.25, -0.2) is 4.79 Å². The van der Waals surface area contributed by atoms with Gasteiger partial charge in [0.2, 0.25) is 0 Å². The van der Waals surface area contributed by atoms with E-state index in [-0.39, 0.29) is 38.2 Å². The molecule has 0 aromatic carbocycles. The Hall–Kier alpha value is -2.75. The Morgan fingerprint density at radius 1 is 0.326 bits per heavy atom. The fourth-order valence-corrected chi connectivity index (χ4v) is 12.8. The predicted octanol–water partition coefficient (Wildman–Crippen LogP) is 26.8. The van der Waals surface area contributed by atoms with Crippen LogP contribution in [0.3, 0.4) is 0 Å². The van der Waals surface area contributed by atoms with Gasteiger partial charge in [-0.15, -0.1) is 0 Å². The summed E-state index contributed by atoms with van der Waals surface area (Å²) in [5.41, 5.74) is 0. The number of aliphatic carboxylic acids is 1. The standard InChI is InChI=1S/C86H161NO8/c1-6-8-10-12-14-16-18-20-22-24-26-28-30-32-34-36-38-40-41-42-43-45-47-49-51-53-55-57-59-61-63-65-67-69-71-73-75-77-84(89)95-82(81-94-86(85(90)91)92-79-78-87(3,4)5)80-93-83(88)76-74-72-70-68-66-64-62-60-58-56-54-52-50-48-46-44-39-37-35-33-31-29-27-25-23-21-19-17-15-13-11-9-7-2/h8,10,14,16,20,22,26,28,82,86H,6-7,9,11-13,15,17-19,21,23-25,27,29-81H2,1-5H3/p+1/b10-8-,16-14-,22-20-,28-26-. The fourth-order valence-electron chi connectivity index (χ4n) is 12.8. The SMILES string of the molecule is CC/C=C\C/C=C\C/C=C\C/C=C\CCCCCCCCCCCCCCCCCCCCCCCCCCC(=O)OC(COC(=O)CCCCCCCCCCCCCCCCCCCCCCCCCCCCCCCCCCC)COC(OCC[N+](C)(C)C)C(=O)O. The molecule has 0 spiro atoms. The number of allylic oxidation sites excluding steroid dienone is 8. The van der Waals surface area contributed by atoms with E-state index in [0.29, 0.717) is 17.4 Å². The van der Waals surface area contributed by atoms with Crippen LogP contribution < -0.4 is 0 Å². The maximum Gasteiger partial charge on any atom is 0.361 e. The Morgan fingerprint density at radius 3 is 0.895 bits per heavy atom. The number of nitrogens with zero attached hydrogens (tertiary/aromatic N) is 1. The lowest BCUT2D eigenvalue weighted by Gasteiger charge is -2.25. The quantitative estimate of drug-likeness (QED) is 0.0211. The lowest BCUT2D eigenvalue weighted by molar-refractivity contribution is -0.870. The van der Waals surface area contributed by atoms with Gasteiger partial charge in [-0.3, -0.25) is 9.59 Å². The van der Waals surface area contributed by atoms with Gasteiger partial charge in [0.1, 0.15) is 13.2 Å². The van der Waals surface area contributed by atoms with Crippen LogP contribution in [0.1, 0.15) is 425 Å². The van der Waals surface area contributed by atoms with Crippen LogP contribution in [0.25, 0.3) is 0 Å². The predicted molar refractivity (Wildman–Crippen MR) is 410 cm³/mol. The highest BCUT2D eigenvalue weighted by atomic mass is 16.7. The molecule has 0 aromatic rings. The second kappa shape index (κ2) is 77.0. The number of hydrogen-bond donors (Lipinski definition) is 1. The summed E-state index contributed by atoms with van der Waals surface area (Å²) < 4.78 is 23.1. The molecule has 0 rings (SSSR count). The molecule has 0 fully saturated rings. The third-order valence-electron chi connectivity index (χ3n) is 19.1. The van der Waals surface area contributed by atoms with Gasteiger partial charge in [-0.1, -0.05) is 409 Å². The van der Waals surface area contributed by atoms with Crippen LogP contribution >= 0.6 is 0 Å². The average molecular weight is 1340 g/mol. The normalized spacial score (nSPS) is 12.8. The van der Waals surface area contributed by atoms with Crippen molar-refractivity contribution in [2.45, 2.75) is 437 Å². The monoisotopic (exact) mass is 1340 g/mol. The van der Waals surface area contributed by atoms with Crippen molar-refractivity contribution in [2.75, 3.05) is 47.5 Å². The number of esters is 2. The van der Waals surface area contributed by atoms with E-state index in [0.717, 1.165) is 64.2 Å². The first-order valence-electron chi connectivity index (χ1n) is 41.8. The first-order valence-corrected chi connectivity index (χ1v) is 41.8. The molecule has 558 valence electrons. The van der Waals surface area contributed by atoms with Crippen LogP contribution in [-0.2, 0) is 33.3 Å². The van der Waals surface area contributed by atoms with Gasteiger partial charge < -0.3 is 28.5 Å². The molecule has 2 atom stereocenters. The van der Waals surface area contributed by atoms with Crippen LogP contribution in [0.5, 0.6) is 0 Å². The molecular formula is C86H162NO8+. The molecule has 0 heterocycles. The number of carbonyl (C=O) groups is 3. The number of rotatable bonds is 79. The number of ether oxygens (including phenoxy) is 4. The third kappa shape index (κ3) is 78.5. The summed E-state index contributed by atoms with van der Waals surface area (Å²) >= 11 is 0. The molecule has 0 radical (unpaired) electrons. The highest BCUT2D eigenvalue weighted by Gasteiger charge is 2.25. The second-order valence-electron chi connectivity index (χ2n) is 29.8. The van der Waals surface area contributed by atoms with Crippen molar-refractivity contribution >= 4 is 17.9 Å². The van der Waals surface area contributed by atoms with E-state index < -0.39 is 18.4 Å². The van der Waals surface area contributed by atoms with E-state index in [4.69, 9.17) is 18.9 Å². The molecule has 1 N–H and O–H groups in total. The van der Waals surface area contributed by atoms with Crippen molar-refractivity contribution in [3.05, 3.63) is 48.6 Å². The number of carboxylic acid groups (broad SMARTS) is 1. The minimum absolute atomic E-state index is 0.175. The van der Waals surface area contributed by atoms with Crippen molar-refractivity contribution in [3.63, 3.8) is 0 Å². The Labute approximate surface area is 591 Å². The van der Waals surface area contributed by atoms with E-state index >= 15 is 0 Å². The molecule has 0 saturated carbocycles. The number of hydrogen-bond acceptors (Lipinski definition) is 7. The summed E-state index contributed by atoms with van der Waals surface area (Å²) in [6, 6.07) is 0. The van der Waals surface area contributed by atoms with Crippen molar-refractivity contribution in [3.8, 4) is 0 Å². The minimum atomic E-state index is -1.51. The molecule has 0 aromatic heterocycles. The highest BCUT2D eigenvalue weighted by Crippen LogP contribution is 2.21. The molecule has 0 aliphatic heterocycles. The van der Waals surface area contributed by atoms with Gasteiger partial charge in [-0.05, 0) is 51.4 Å². The molecule has 2 unspecified atom stereocenters. The largest absolute Gasteiger partial charge is 0.477 e. The Morgan fingerprint density at radius 2 is 0.600 bits per heavy atom. The first-order chi connectivity index (χ1) is 46.6. The summed E-state index contributed by atoms with van der Waals surface area (Å²) in [7, 11) is 6.00. The second-order valence-corrected chi connectivity index (χ2v) is 29.8. The molecule has 0 aliphatic carbocycles. The van der Waals surface area contributed by atoms with Gasteiger partial charge in [0.05, 0.1) is 34.4 Å². The van der Waals surface area contributed by atoms with Gasteiger partial charge in [0.15, 0.2) is 6.10 Å². The maximum absolute atomic E-state index is 13.0. The average Bonchev–Trinajstić information content (AvgIpc) is 3.75. The van der Waals surface area contributed by atoms with Crippen LogP contribution in [0.15, 0.2) is 48.6 Å². The number of unbranched alkanes of at least 4 members (excludes halogenated alkanes) is 56. The number of quaternary nitrogens is 1. The van der Waals surface area contributed by atoms with Crippen LogP contribution in [0.2, 0.25) is 0 Å². The van der Waals surface area contributed by atoms with E-state index in [2.05, 4.69) is 62.5 Å². The topological polar surface area (TPSA) is 108 Å². The Balaban J connectivity index is 3.93. The fraction of sp³-hybridized carbons (Fsp3) is 0.872. The van der Waals surface area contributed by atoms with Crippen molar-refractivity contribution in [1.82, 2.24) is 0 Å². The molecule has 95 heavy (non-hydrogen) atoms. The number of likely N-dealkylation sites (N-methyl/N-ethyl adjacent to an activating group) is 1. The van der Waals surface area contributed by atoms with Crippen molar-refractivity contribution < 1.29 is 42.9 Å². The molecule has 9 nitrogen and oxygen atoms in total. The molecule has 0 bridgehead atoms. The highest BCUT2D eigenvalue weighted by molar-refractivity contribution is 5.71. The van der Waals surface area contributed by atoms with Crippen molar-refractivity contribution in [2.24, 2.45) is 0 Å². The number of carboxylic acids is 1.